The molecule has 0 bridgehead atoms. The maximum atomic E-state index is 10.9. The van der Waals surface area contributed by atoms with Crippen LogP contribution in [0, 0.1) is 10.8 Å². The van der Waals surface area contributed by atoms with E-state index in [0.717, 1.165) is 31.6 Å². The Morgan fingerprint density at radius 3 is 2.35 bits per heavy atom. The van der Waals surface area contributed by atoms with Crippen molar-refractivity contribution in [2.75, 3.05) is 18.1 Å². The van der Waals surface area contributed by atoms with Crippen molar-refractivity contribution >= 4 is 23.5 Å². The van der Waals surface area contributed by atoms with Gasteiger partial charge < -0.3 is 0 Å². The van der Waals surface area contributed by atoms with E-state index in [1.807, 2.05) is 30.3 Å². The molecule has 124 valence electrons. The Morgan fingerprint density at radius 2 is 1.74 bits per heavy atom. The number of hydrogen-bond acceptors (Lipinski definition) is 4. The maximum absolute atomic E-state index is 10.9. The summed E-state index contributed by atoms with van der Waals surface area (Å²) < 4.78 is 0. The second-order valence-corrected chi connectivity index (χ2v) is 5.32. The minimum absolute atomic E-state index is 0.0564. The number of rotatable bonds is 2. The third-order valence-corrected chi connectivity index (χ3v) is 3.43. The predicted molar refractivity (Wildman–Crippen MR) is 89.9 cm³/mol. The monoisotopic (exact) mass is 317 g/mol. The second-order valence-electron chi connectivity index (χ2n) is 5.32. The van der Waals surface area contributed by atoms with Crippen LogP contribution in [0.4, 0.5) is 5.69 Å². The number of nitrogens with zero attached hydrogens (tertiary/aromatic N) is 2. The summed E-state index contributed by atoms with van der Waals surface area (Å²) in [7, 11) is 0. The highest BCUT2D eigenvalue weighted by atomic mass is 16.2. The first-order valence-corrected chi connectivity index (χ1v) is 7.64. The van der Waals surface area contributed by atoms with Gasteiger partial charge in [-0.2, -0.15) is 0 Å². The molecule has 5 N–H and O–H groups in total. The Hall–Kier alpha value is -2.61. The molecular weight excluding hydrogens is 294 g/mol. The fourth-order valence-electron chi connectivity index (χ4n) is 2.43. The quantitative estimate of drug-likeness (QED) is 0.318. The number of piperidine rings is 1. The van der Waals surface area contributed by atoms with E-state index in [1.54, 1.807) is 5.01 Å². The first kappa shape index (κ1) is 16.8. The van der Waals surface area contributed by atoms with Crippen molar-refractivity contribution in [2.24, 2.45) is 0 Å². The van der Waals surface area contributed by atoms with Crippen LogP contribution in [-0.4, -0.2) is 35.9 Å². The second kappa shape index (κ2) is 8.14. The van der Waals surface area contributed by atoms with Crippen molar-refractivity contribution in [3.63, 3.8) is 0 Å². The highest BCUT2D eigenvalue weighted by molar-refractivity contribution is 6.03. The van der Waals surface area contributed by atoms with E-state index in [0.29, 0.717) is 0 Å². The first-order valence-electron chi connectivity index (χ1n) is 7.64. The molecule has 0 aromatic heterocycles. The fraction of sp³-hybridized carbons (Fsp3) is 0.400. The van der Waals surface area contributed by atoms with Gasteiger partial charge in [-0.3, -0.25) is 31.8 Å². The molecule has 8 nitrogen and oxygen atoms in total. The molecule has 0 saturated carbocycles. The van der Waals surface area contributed by atoms with Gasteiger partial charge in [-0.05, 0) is 25.0 Å². The van der Waals surface area contributed by atoms with Gasteiger partial charge in [0.1, 0.15) is 0 Å². The van der Waals surface area contributed by atoms with Crippen LogP contribution in [-0.2, 0) is 4.79 Å². The van der Waals surface area contributed by atoms with Crippen LogP contribution in [0.2, 0.25) is 0 Å². The largest absolute Gasteiger partial charge is 0.294 e. The topological polar surface area (TPSA) is 107 Å². The van der Waals surface area contributed by atoms with E-state index in [1.165, 1.54) is 13.3 Å². The summed E-state index contributed by atoms with van der Waals surface area (Å²) in [5.74, 6) is -0.414. The maximum Gasteiger partial charge on any atom is 0.235 e. The Morgan fingerprint density at radius 1 is 1.09 bits per heavy atom. The Bertz CT molecular complexity index is 554. The van der Waals surface area contributed by atoms with E-state index in [4.69, 9.17) is 10.8 Å². The van der Waals surface area contributed by atoms with Gasteiger partial charge in [-0.15, -0.1) is 0 Å². The predicted octanol–water partition coefficient (Wildman–Crippen LogP) is 0.994. The summed E-state index contributed by atoms with van der Waals surface area (Å²) in [5, 5.41) is 22.6. The van der Waals surface area contributed by atoms with Gasteiger partial charge >= 0.3 is 0 Å². The van der Waals surface area contributed by atoms with Gasteiger partial charge in [0.25, 0.3) is 0 Å². The molecule has 1 aliphatic heterocycles. The smallest absolute Gasteiger partial charge is 0.235 e. The van der Waals surface area contributed by atoms with Crippen LogP contribution in [0.25, 0.3) is 0 Å². The minimum Gasteiger partial charge on any atom is -0.294 e. The van der Waals surface area contributed by atoms with Crippen molar-refractivity contribution in [3.05, 3.63) is 30.3 Å². The van der Waals surface area contributed by atoms with Crippen molar-refractivity contribution in [1.29, 1.82) is 10.8 Å². The highest BCUT2D eigenvalue weighted by Gasteiger charge is 2.23. The van der Waals surface area contributed by atoms with E-state index >= 15 is 0 Å². The minimum atomic E-state index is -0.306. The van der Waals surface area contributed by atoms with Crippen LogP contribution in [0.1, 0.15) is 26.2 Å². The Kier molecular flexibility index (Phi) is 5.93. The molecule has 1 fully saturated rings. The van der Waals surface area contributed by atoms with Gasteiger partial charge in [0.05, 0.1) is 5.69 Å². The summed E-state index contributed by atoms with van der Waals surface area (Å²) in [6.45, 7) is 3.08. The molecule has 0 spiro atoms. The standard InChI is InChI=1S/C15H23N7O/c1-12(23)19-20-14(16)18-15(17)22(13-8-4-2-5-9-13)21-10-6-3-7-11-21/h2,4-5,8-9H,3,6-7,10-11H2,1H3,(H,19,23)(H4,16,17,18,20). The highest BCUT2D eigenvalue weighted by Crippen LogP contribution is 2.19. The number of benzene rings is 1. The van der Waals surface area contributed by atoms with Crippen LogP contribution in [0.5, 0.6) is 0 Å². The summed E-state index contributed by atoms with van der Waals surface area (Å²) in [6.07, 6.45) is 3.36. The average molecular weight is 317 g/mol. The SMILES string of the molecule is CC(=O)NNC(=N)NC(=N)N(c1ccccc1)N1CCCCC1. The number of carbonyl (C=O) groups excluding carboxylic acids is 1. The Balaban J connectivity index is 2.08. The average Bonchev–Trinajstić information content (AvgIpc) is 2.55. The van der Waals surface area contributed by atoms with Crippen LogP contribution in [0.3, 0.4) is 0 Å². The molecule has 1 aromatic carbocycles. The van der Waals surface area contributed by atoms with Gasteiger partial charge in [0.15, 0.2) is 0 Å². The van der Waals surface area contributed by atoms with Crippen molar-refractivity contribution in [3.8, 4) is 0 Å². The van der Waals surface area contributed by atoms with Gasteiger partial charge in [-0.1, -0.05) is 24.6 Å². The van der Waals surface area contributed by atoms with Crippen molar-refractivity contribution in [2.45, 2.75) is 26.2 Å². The van der Waals surface area contributed by atoms with Gasteiger partial charge in [0.2, 0.25) is 17.8 Å². The summed E-state index contributed by atoms with van der Waals surface area (Å²) in [6, 6.07) is 9.61. The molecular formula is C15H23N7O. The van der Waals surface area contributed by atoms with Crippen molar-refractivity contribution < 1.29 is 4.79 Å². The molecule has 23 heavy (non-hydrogen) atoms. The van der Waals surface area contributed by atoms with Crippen LogP contribution in [0.15, 0.2) is 30.3 Å². The zero-order chi connectivity index (χ0) is 16.7. The lowest BCUT2D eigenvalue weighted by atomic mass is 10.1. The summed E-state index contributed by atoms with van der Waals surface area (Å²) in [4.78, 5) is 10.9. The third kappa shape index (κ3) is 4.96. The molecule has 2 rings (SSSR count). The van der Waals surface area contributed by atoms with E-state index in [-0.39, 0.29) is 17.8 Å². The fourth-order valence-corrected chi connectivity index (χ4v) is 2.43. The number of para-hydroxylation sites is 1. The van der Waals surface area contributed by atoms with Gasteiger partial charge in [-0.25, -0.2) is 10.0 Å². The van der Waals surface area contributed by atoms with Crippen LogP contribution < -0.4 is 21.2 Å². The molecule has 0 unspecified atom stereocenters. The summed E-state index contributed by atoms with van der Waals surface area (Å²) in [5.41, 5.74) is 5.57. The number of guanidine groups is 2. The zero-order valence-electron chi connectivity index (χ0n) is 13.2. The van der Waals surface area contributed by atoms with Crippen LogP contribution >= 0.6 is 0 Å². The Labute approximate surface area is 135 Å². The number of hydrogen-bond donors (Lipinski definition) is 5. The van der Waals surface area contributed by atoms with E-state index in [9.17, 15) is 4.79 Å². The molecule has 1 heterocycles. The molecule has 1 aromatic rings. The summed E-state index contributed by atoms with van der Waals surface area (Å²) >= 11 is 0. The molecule has 1 amide bonds. The number of hydrazine groups is 2. The molecule has 0 radical (unpaired) electrons. The lowest BCUT2D eigenvalue weighted by molar-refractivity contribution is -0.119. The zero-order valence-corrected chi connectivity index (χ0v) is 13.2. The molecule has 0 atom stereocenters. The molecule has 1 saturated heterocycles. The number of amides is 1. The number of nitrogens with one attached hydrogen (secondary N) is 5. The molecule has 1 aliphatic rings. The van der Waals surface area contributed by atoms with E-state index in [2.05, 4.69) is 21.2 Å². The van der Waals surface area contributed by atoms with Gasteiger partial charge in [0, 0.05) is 20.0 Å². The normalized spacial score (nSPS) is 14.7. The number of anilines is 1. The molecule has 8 heteroatoms. The van der Waals surface area contributed by atoms with Crippen molar-refractivity contribution in [1.82, 2.24) is 21.2 Å². The van der Waals surface area contributed by atoms with E-state index < -0.39 is 0 Å². The third-order valence-electron chi connectivity index (χ3n) is 3.43. The molecule has 0 aliphatic carbocycles. The number of carbonyl (C=O) groups is 1. The lowest BCUT2D eigenvalue weighted by Gasteiger charge is -2.38. The first-order chi connectivity index (χ1) is 11.1. The lowest BCUT2D eigenvalue weighted by Crippen LogP contribution is -2.57.